The molecule has 0 bridgehead atoms. The van der Waals surface area contributed by atoms with Crippen LogP contribution in [0.4, 0.5) is 32.0 Å². The van der Waals surface area contributed by atoms with Gasteiger partial charge in [-0.2, -0.15) is 26.3 Å². The first-order valence-corrected chi connectivity index (χ1v) is 11.8. The van der Waals surface area contributed by atoms with Crippen molar-refractivity contribution in [1.29, 1.82) is 0 Å². The molecule has 1 aliphatic rings. The summed E-state index contributed by atoms with van der Waals surface area (Å²) in [5.74, 6) is -0.375. The van der Waals surface area contributed by atoms with E-state index < -0.39 is 39.3 Å². The molecule has 1 amide bonds. The predicted molar refractivity (Wildman–Crippen MR) is 111 cm³/mol. The van der Waals surface area contributed by atoms with Crippen LogP contribution in [0.15, 0.2) is 47.4 Å². The van der Waals surface area contributed by atoms with Gasteiger partial charge in [0.1, 0.15) is 0 Å². The van der Waals surface area contributed by atoms with Crippen LogP contribution in [-0.2, 0) is 26.7 Å². The molecule has 34 heavy (non-hydrogen) atoms. The molecule has 3 rings (SSSR count). The number of nitrogens with one attached hydrogen (secondary N) is 1. The minimum absolute atomic E-state index is 0.0379. The summed E-state index contributed by atoms with van der Waals surface area (Å²) in [5, 5.41) is 11.9. The third-order valence-corrected chi connectivity index (χ3v) is 7.44. The largest absolute Gasteiger partial charge is 0.430 e. The van der Waals surface area contributed by atoms with Gasteiger partial charge in [-0.15, -0.1) is 0 Å². The van der Waals surface area contributed by atoms with Gasteiger partial charge in [0.15, 0.2) is 9.84 Å². The van der Waals surface area contributed by atoms with E-state index in [0.717, 1.165) is 18.9 Å². The van der Waals surface area contributed by atoms with Crippen LogP contribution in [-0.4, -0.2) is 37.5 Å². The molecule has 12 heteroatoms. The maximum Gasteiger partial charge on any atom is 0.430 e. The van der Waals surface area contributed by atoms with Gasteiger partial charge in [0.2, 0.25) is 5.91 Å². The SMILES string of the molecule is Cc1cc(C(O)(C(F)(F)F)C(F)(F)F)ccc1NC(=O)Cc1ccc(S(=O)(=O)CC2CC2)cc1. The monoisotopic (exact) mass is 509 g/mol. The van der Waals surface area contributed by atoms with Crippen LogP contribution >= 0.6 is 0 Å². The van der Waals surface area contributed by atoms with Gasteiger partial charge < -0.3 is 10.4 Å². The zero-order chi connectivity index (χ0) is 25.5. The number of halogens is 6. The molecule has 0 heterocycles. The van der Waals surface area contributed by atoms with Crippen molar-refractivity contribution in [3.63, 3.8) is 0 Å². The Hall–Kier alpha value is -2.60. The standard InChI is InChI=1S/C22H21F6NO4S/c1-13-10-16(20(31,21(23,24)25)22(26,27)28)6-9-18(13)29-19(30)11-14-4-7-17(8-5-14)34(32,33)12-15-2-3-15/h4-10,15,31H,2-3,11-12H2,1H3,(H,29,30). The lowest BCUT2D eigenvalue weighted by Gasteiger charge is -2.33. The highest BCUT2D eigenvalue weighted by molar-refractivity contribution is 7.91. The number of carbonyl (C=O) groups excluding carboxylic acids is 1. The first-order valence-electron chi connectivity index (χ1n) is 10.1. The minimum Gasteiger partial charge on any atom is -0.369 e. The number of aliphatic hydroxyl groups is 1. The number of aryl methyl sites for hydroxylation is 1. The molecule has 0 radical (unpaired) electrons. The highest BCUT2D eigenvalue weighted by Crippen LogP contribution is 2.50. The first kappa shape index (κ1) is 26.0. The van der Waals surface area contributed by atoms with E-state index in [1.165, 1.54) is 31.2 Å². The molecule has 2 N–H and O–H groups in total. The van der Waals surface area contributed by atoms with E-state index in [9.17, 15) is 44.7 Å². The molecule has 1 aliphatic carbocycles. The highest BCUT2D eigenvalue weighted by atomic mass is 32.2. The summed E-state index contributed by atoms with van der Waals surface area (Å²) in [6.07, 6.45) is -10.5. The Kier molecular flexibility index (Phi) is 6.79. The van der Waals surface area contributed by atoms with Crippen LogP contribution in [0, 0.1) is 12.8 Å². The van der Waals surface area contributed by atoms with Crippen LogP contribution in [0.1, 0.15) is 29.5 Å². The fraction of sp³-hybridized carbons (Fsp3) is 0.409. The predicted octanol–water partition coefficient (Wildman–Crippen LogP) is 4.67. The van der Waals surface area contributed by atoms with Crippen LogP contribution in [0.25, 0.3) is 0 Å². The summed E-state index contributed by atoms with van der Waals surface area (Å²) < 4.78 is 103. The lowest BCUT2D eigenvalue weighted by molar-refractivity contribution is -0.376. The molecule has 0 atom stereocenters. The molecule has 0 unspecified atom stereocenters. The van der Waals surface area contributed by atoms with Crippen LogP contribution < -0.4 is 5.32 Å². The van der Waals surface area contributed by atoms with Gasteiger partial charge >= 0.3 is 12.4 Å². The van der Waals surface area contributed by atoms with Gasteiger partial charge in [-0.05, 0) is 55.0 Å². The van der Waals surface area contributed by atoms with Gasteiger partial charge in [-0.1, -0.05) is 24.3 Å². The molecular weight excluding hydrogens is 488 g/mol. The number of anilines is 1. The number of amides is 1. The third-order valence-electron chi connectivity index (χ3n) is 5.54. The first-order chi connectivity index (χ1) is 15.5. The number of sulfone groups is 1. The Labute approximate surface area is 191 Å². The van der Waals surface area contributed by atoms with Crippen molar-refractivity contribution in [2.24, 2.45) is 5.92 Å². The maximum absolute atomic E-state index is 13.1. The second-order valence-corrected chi connectivity index (χ2v) is 10.4. The molecule has 2 aromatic rings. The number of hydrogen-bond donors (Lipinski definition) is 2. The van der Waals surface area contributed by atoms with Crippen LogP contribution in [0.2, 0.25) is 0 Å². The van der Waals surface area contributed by atoms with Gasteiger partial charge in [0.05, 0.1) is 17.1 Å². The van der Waals surface area contributed by atoms with Crippen molar-refractivity contribution >= 4 is 21.4 Å². The second-order valence-electron chi connectivity index (χ2n) is 8.33. The molecular formula is C22H21F6NO4S. The third kappa shape index (κ3) is 5.38. The Balaban J connectivity index is 1.72. The number of hydrogen-bond acceptors (Lipinski definition) is 4. The smallest absolute Gasteiger partial charge is 0.369 e. The van der Waals surface area contributed by atoms with Crippen molar-refractivity contribution in [2.45, 2.75) is 49.0 Å². The summed E-state index contributed by atoms with van der Waals surface area (Å²) in [7, 11) is -3.41. The van der Waals surface area contributed by atoms with E-state index in [2.05, 4.69) is 5.32 Å². The summed E-state index contributed by atoms with van der Waals surface area (Å²) in [5.41, 5.74) is -6.19. The molecule has 186 valence electrons. The van der Waals surface area contributed by atoms with E-state index in [1.807, 2.05) is 0 Å². The van der Waals surface area contributed by atoms with Crippen molar-refractivity contribution < 1.29 is 44.7 Å². The van der Waals surface area contributed by atoms with E-state index in [4.69, 9.17) is 0 Å². The topological polar surface area (TPSA) is 83.5 Å². The lowest BCUT2D eigenvalue weighted by Crippen LogP contribution is -2.53. The molecule has 0 saturated heterocycles. The Morgan fingerprint density at radius 2 is 1.56 bits per heavy atom. The average Bonchev–Trinajstić information content (AvgIpc) is 3.51. The zero-order valence-corrected chi connectivity index (χ0v) is 18.6. The van der Waals surface area contributed by atoms with Gasteiger partial charge in [-0.25, -0.2) is 8.42 Å². The Bertz CT molecular complexity index is 1160. The van der Waals surface area contributed by atoms with Crippen molar-refractivity contribution in [3.8, 4) is 0 Å². The van der Waals surface area contributed by atoms with Crippen LogP contribution in [0.5, 0.6) is 0 Å². The van der Waals surface area contributed by atoms with Gasteiger partial charge in [-0.3, -0.25) is 4.79 Å². The molecule has 0 aliphatic heterocycles. The average molecular weight is 509 g/mol. The molecule has 1 fully saturated rings. The summed E-state index contributed by atoms with van der Waals surface area (Å²) in [6.45, 7) is 1.19. The minimum atomic E-state index is -6.01. The Morgan fingerprint density at radius 1 is 1.00 bits per heavy atom. The zero-order valence-electron chi connectivity index (χ0n) is 17.8. The molecule has 0 spiro atoms. The fourth-order valence-corrected chi connectivity index (χ4v) is 5.10. The molecule has 0 aromatic heterocycles. The van der Waals surface area contributed by atoms with Crippen molar-refractivity contribution in [1.82, 2.24) is 0 Å². The van der Waals surface area contributed by atoms with E-state index in [0.29, 0.717) is 17.7 Å². The normalized spacial score (nSPS) is 15.3. The quantitative estimate of drug-likeness (QED) is 0.532. The maximum atomic E-state index is 13.1. The van der Waals surface area contributed by atoms with Crippen LogP contribution in [0.3, 0.4) is 0 Å². The van der Waals surface area contributed by atoms with Crippen molar-refractivity contribution in [2.75, 3.05) is 11.1 Å². The highest BCUT2D eigenvalue weighted by Gasteiger charge is 2.71. The summed E-state index contributed by atoms with van der Waals surface area (Å²) in [6, 6.07) is 7.49. The summed E-state index contributed by atoms with van der Waals surface area (Å²) >= 11 is 0. The number of alkyl halides is 6. The van der Waals surface area contributed by atoms with Crippen molar-refractivity contribution in [3.05, 3.63) is 59.2 Å². The molecule has 1 saturated carbocycles. The molecule has 2 aromatic carbocycles. The summed E-state index contributed by atoms with van der Waals surface area (Å²) in [4.78, 5) is 12.5. The number of carbonyl (C=O) groups is 1. The van der Waals surface area contributed by atoms with E-state index >= 15 is 0 Å². The molecule has 5 nitrogen and oxygen atoms in total. The van der Waals surface area contributed by atoms with E-state index in [1.54, 1.807) is 0 Å². The van der Waals surface area contributed by atoms with Gasteiger partial charge in [0, 0.05) is 11.3 Å². The number of benzene rings is 2. The fourth-order valence-electron chi connectivity index (χ4n) is 3.40. The van der Waals surface area contributed by atoms with Gasteiger partial charge in [0.25, 0.3) is 5.60 Å². The lowest BCUT2D eigenvalue weighted by atomic mass is 9.90. The number of rotatable bonds is 7. The second kappa shape index (κ2) is 8.88. The Morgan fingerprint density at radius 3 is 2.03 bits per heavy atom. The van der Waals surface area contributed by atoms with E-state index in [-0.39, 0.29) is 34.2 Å².